The number of fused-ring (bicyclic) bond motifs is 1. The molecule has 1 unspecified atom stereocenters. The lowest BCUT2D eigenvalue weighted by Gasteiger charge is -2.12. The molecule has 6 nitrogen and oxygen atoms in total. The number of anilines is 1. The Morgan fingerprint density at radius 1 is 1.00 bits per heavy atom. The topological polar surface area (TPSA) is 80.7 Å². The first kappa shape index (κ1) is 17.9. The Balaban J connectivity index is 1.54. The lowest BCUT2D eigenvalue weighted by molar-refractivity contribution is 0.686. The van der Waals surface area contributed by atoms with Crippen LogP contribution in [0.4, 0.5) is 5.82 Å². The van der Waals surface area contributed by atoms with E-state index in [0.29, 0.717) is 16.6 Å². The number of aryl methyl sites for hydroxylation is 1. The summed E-state index contributed by atoms with van der Waals surface area (Å²) in [7, 11) is -1.45. The Kier molecular flexibility index (Phi) is 4.52. The summed E-state index contributed by atoms with van der Waals surface area (Å²) >= 11 is 0. The summed E-state index contributed by atoms with van der Waals surface area (Å²) in [6.45, 7) is 2.12. The first-order chi connectivity index (χ1) is 14.2. The van der Waals surface area contributed by atoms with Gasteiger partial charge in [0.1, 0.15) is 18.5 Å². The largest absolute Gasteiger partial charge is 0.285 e. The number of benzene rings is 2. The van der Waals surface area contributed by atoms with Crippen LogP contribution in [0.25, 0.3) is 22.2 Å². The van der Waals surface area contributed by atoms with Crippen molar-refractivity contribution in [2.75, 3.05) is 4.72 Å². The van der Waals surface area contributed by atoms with Crippen LogP contribution in [0, 0.1) is 6.92 Å². The van der Waals surface area contributed by atoms with Gasteiger partial charge in [-0.05, 0) is 55.5 Å². The molecule has 0 spiro atoms. The van der Waals surface area contributed by atoms with Crippen molar-refractivity contribution in [3.63, 3.8) is 0 Å². The highest BCUT2D eigenvalue weighted by atomic mass is 32.2. The minimum Gasteiger partial charge on any atom is -0.285 e. The molecule has 2 aromatic heterocycles. The van der Waals surface area contributed by atoms with Crippen LogP contribution in [-0.2, 0) is 11.0 Å². The van der Waals surface area contributed by atoms with Gasteiger partial charge in [0.15, 0.2) is 11.0 Å². The van der Waals surface area contributed by atoms with E-state index in [-0.39, 0.29) is 0 Å². The summed E-state index contributed by atoms with van der Waals surface area (Å²) in [5.74, 6) is 1.13. The van der Waals surface area contributed by atoms with Gasteiger partial charge in [-0.3, -0.25) is 4.72 Å². The average molecular weight is 401 g/mol. The molecule has 1 atom stereocenters. The van der Waals surface area contributed by atoms with Gasteiger partial charge in [0, 0.05) is 17.1 Å². The zero-order chi connectivity index (χ0) is 19.8. The van der Waals surface area contributed by atoms with Crippen molar-refractivity contribution in [2.24, 2.45) is 0 Å². The molecule has 29 heavy (non-hydrogen) atoms. The molecule has 0 radical (unpaired) electrons. The predicted octanol–water partition coefficient (Wildman–Crippen LogP) is 4.41. The summed E-state index contributed by atoms with van der Waals surface area (Å²) in [6.07, 6.45) is 7.07. The van der Waals surface area contributed by atoms with E-state index in [1.807, 2.05) is 18.2 Å². The van der Waals surface area contributed by atoms with E-state index < -0.39 is 11.0 Å². The molecule has 0 bridgehead atoms. The van der Waals surface area contributed by atoms with Crippen molar-refractivity contribution in [1.29, 1.82) is 0 Å². The summed E-state index contributed by atoms with van der Waals surface area (Å²) in [5, 5.41) is 0.959. The zero-order valence-electron chi connectivity index (χ0n) is 15.9. The zero-order valence-corrected chi connectivity index (χ0v) is 16.7. The highest BCUT2D eigenvalue weighted by molar-refractivity contribution is 7.86. The second kappa shape index (κ2) is 7.33. The fourth-order valence-corrected chi connectivity index (χ4v) is 4.34. The number of rotatable bonds is 5. The molecule has 1 fully saturated rings. The van der Waals surface area contributed by atoms with Crippen molar-refractivity contribution >= 4 is 27.7 Å². The first-order valence-corrected chi connectivity index (χ1v) is 10.6. The Morgan fingerprint density at radius 2 is 1.90 bits per heavy atom. The molecular formula is C22H19N5OS. The minimum absolute atomic E-state index is 0.510. The van der Waals surface area contributed by atoms with Crippen molar-refractivity contribution in [3.05, 3.63) is 72.4 Å². The number of hydrogen-bond donors (Lipinski definition) is 1. The molecule has 1 saturated carbocycles. The predicted molar refractivity (Wildman–Crippen MR) is 114 cm³/mol. The molecule has 1 aliphatic carbocycles. The fraction of sp³-hybridized carbons (Fsp3) is 0.182. The van der Waals surface area contributed by atoms with Gasteiger partial charge in [-0.1, -0.05) is 23.8 Å². The Labute approximate surface area is 171 Å². The highest BCUT2D eigenvalue weighted by Crippen LogP contribution is 2.45. The van der Waals surface area contributed by atoms with E-state index in [4.69, 9.17) is 0 Å². The van der Waals surface area contributed by atoms with E-state index in [1.54, 1.807) is 18.6 Å². The van der Waals surface area contributed by atoms with Crippen molar-refractivity contribution in [1.82, 2.24) is 19.9 Å². The third kappa shape index (κ3) is 3.61. The molecule has 0 amide bonds. The molecule has 144 valence electrons. The van der Waals surface area contributed by atoms with Crippen LogP contribution < -0.4 is 4.72 Å². The molecule has 0 aliphatic heterocycles. The van der Waals surface area contributed by atoms with Gasteiger partial charge in [-0.15, -0.1) is 0 Å². The molecule has 2 aromatic carbocycles. The molecule has 4 aromatic rings. The highest BCUT2D eigenvalue weighted by Gasteiger charge is 2.27. The van der Waals surface area contributed by atoms with Crippen molar-refractivity contribution < 1.29 is 4.21 Å². The number of aromatic nitrogens is 4. The summed E-state index contributed by atoms with van der Waals surface area (Å²) in [4.78, 5) is 17.6. The van der Waals surface area contributed by atoms with Gasteiger partial charge in [0.25, 0.3) is 0 Å². The van der Waals surface area contributed by atoms with Gasteiger partial charge >= 0.3 is 0 Å². The number of nitrogens with one attached hydrogen (secondary N) is 1. The Bertz CT molecular complexity index is 1220. The van der Waals surface area contributed by atoms with E-state index in [2.05, 4.69) is 49.8 Å². The standard InChI is InChI=1S/C22H19N5OS/c1-14-2-6-17(19(10-14)15-3-4-15)22-18-7-5-16(11-20(18)24-13-26-22)29(28)27-21-8-9-23-12-25-21/h2,5-13,15H,3-4H2,1H3,(H,23,25,27). The number of hydrogen-bond acceptors (Lipinski definition) is 5. The Morgan fingerprint density at radius 3 is 2.69 bits per heavy atom. The van der Waals surface area contributed by atoms with Crippen LogP contribution in [-0.4, -0.2) is 24.1 Å². The molecular weight excluding hydrogens is 382 g/mol. The SMILES string of the molecule is Cc1ccc(-c2ncnc3cc(S(=O)Nc4ccncn4)ccc23)c(C2CC2)c1. The molecule has 5 rings (SSSR count). The molecule has 1 N–H and O–H groups in total. The van der Waals surface area contributed by atoms with E-state index >= 15 is 0 Å². The molecule has 1 aliphatic rings. The van der Waals surface area contributed by atoms with E-state index in [9.17, 15) is 4.21 Å². The van der Waals surface area contributed by atoms with Crippen LogP contribution in [0.5, 0.6) is 0 Å². The third-order valence-corrected chi connectivity index (χ3v) is 6.16. The first-order valence-electron chi connectivity index (χ1n) is 9.49. The Hall–Kier alpha value is -3.19. The van der Waals surface area contributed by atoms with Crippen molar-refractivity contribution in [2.45, 2.75) is 30.6 Å². The smallest absolute Gasteiger partial charge is 0.151 e. The lowest BCUT2D eigenvalue weighted by Crippen LogP contribution is -2.06. The van der Waals surface area contributed by atoms with Crippen LogP contribution in [0.2, 0.25) is 0 Å². The van der Waals surface area contributed by atoms with Crippen molar-refractivity contribution in [3.8, 4) is 11.3 Å². The quantitative estimate of drug-likeness (QED) is 0.536. The summed E-state index contributed by atoms with van der Waals surface area (Å²) in [6, 6.07) is 13.9. The lowest BCUT2D eigenvalue weighted by atomic mass is 9.96. The molecule has 7 heteroatoms. The maximum absolute atomic E-state index is 12.7. The van der Waals surface area contributed by atoms with E-state index in [1.165, 1.54) is 35.9 Å². The van der Waals surface area contributed by atoms with Crippen LogP contribution in [0.1, 0.15) is 29.9 Å². The van der Waals surface area contributed by atoms with Crippen LogP contribution >= 0.6 is 0 Å². The minimum atomic E-state index is -1.45. The van der Waals surface area contributed by atoms with Gasteiger partial charge in [-0.2, -0.15) is 0 Å². The second-order valence-electron chi connectivity index (χ2n) is 7.23. The fourth-order valence-electron chi connectivity index (χ4n) is 3.50. The van der Waals surface area contributed by atoms with Crippen LogP contribution in [0.15, 0.2) is 66.2 Å². The van der Waals surface area contributed by atoms with Crippen LogP contribution in [0.3, 0.4) is 0 Å². The molecule has 0 saturated heterocycles. The monoisotopic (exact) mass is 401 g/mol. The maximum atomic E-state index is 12.7. The van der Waals surface area contributed by atoms with E-state index in [0.717, 1.165) is 16.6 Å². The van der Waals surface area contributed by atoms with Gasteiger partial charge in [0.05, 0.1) is 16.1 Å². The number of nitrogens with zero attached hydrogens (tertiary/aromatic N) is 4. The summed E-state index contributed by atoms with van der Waals surface area (Å²) < 4.78 is 15.6. The maximum Gasteiger partial charge on any atom is 0.151 e. The normalized spacial score (nSPS) is 14.7. The summed E-state index contributed by atoms with van der Waals surface area (Å²) in [5.41, 5.74) is 5.50. The van der Waals surface area contributed by atoms with Gasteiger partial charge < -0.3 is 0 Å². The van der Waals surface area contributed by atoms with Gasteiger partial charge in [-0.25, -0.2) is 24.1 Å². The average Bonchev–Trinajstić information content (AvgIpc) is 3.59. The van der Waals surface area contributed by atoms with Gasteiger partial charge in [0.2, 0.25) is 0 Å². The third-order valence-electron chi connectivity index (χ3n) is 5.08. The second-order valence-corrected chi connectivity index (χ2v) is 8.44. The molecule has 2 heterocycles.